The number of hydrogen-bond donors (Lipinski definition) is 2. The lowest BCUT2D eigenvalue weighted by atomic mass is 9.83. The van der Waals surface area contributed by atoms with Crippen molar-refractivity contribution >= 4 is 11.6 Å². The molecule has 18 heavy (non-hydrogen) atoms. The van der Waals surface area contributed by atoms with Crippen molar-refractivity contribution < 1.29 is 18.0 Å². The van der Waals surface area contributed by atoms with Gasteiger partial charge in [0.15, 0.2) is 0 Å². The van der Waals surface area contributed by atoms with Gasteiger partial charge in [-0.2, -0.15) is 13.2 Å². The molecule has 0 radical (unpaired) electrons. The third kappa shape index (κ3) is 2.58. The quantitative estimate of drug-likeness (QED) is 0.790. The lowest BCUT2D eigenvalue weighted by molar-refractivity contribution is -0.122. The maximum absolute atomic E-state index is 12.7. The van der Waals surface area contributed by atoms with Crippen LogP contribution in [0.5, 0.6) is 0 Å². The fraction of sp³-hybridized carbons (Fsp3) is 0.800. The molecule has 0 aromatic heterocycles. The van der Waals surface area contributed by atoms with Crippen molar-refractivity contribution in [2.45, 2.75) is 44.8 Å². The number of ketones is 1. The highest BCUT2D eigenvalue weighted by atomic mass is 19.4. The molecule has 0 saturated heterocycles. The summed E-state index contributed by atoms with van der Waals surface area (Å²) in [4.78, 5) is 11.2. The molecule has 102 valence electrons. The molecule has 1 fully saturated rings. The van der Waals surface area contributed by atoms with Gasteiger partial charge in [-0.1, -0.05) is 0 Å². The van der Waals surface area contributed by atoms with Gasteiger partial charge in [-0.15, -0.1) is 10.6 Å². The molecule has 5 nitrogen and oxygen atoms in total. The highest BCUT2D eigenvalue weighted by Gasteiger charge is 2.45. The summed E-state index contributed by atoms with van der Waals surface area (Å²) in [5.41, 5.74) is 4.54. The van der Waals surface area contributed by atoms with Crippen molar-refractivity contribution in [1.82, 2.24) is 16.1 Å². The molecular weight excluding hydrogens is 249 g/mol. The van der Waals surface area contributed by atoms with Gasteiger partial charge in [-0.3, -0.25) is 9.80 Å². The number of alkyl halides is 3. The first kappa shape index (κ1) is 13.1. The monoisotopic (exact) mass is 264 g/mol. The number of rotatable bonds is 2. The molecule has 0 bridgehead atoms. The van der Waals surface area contributed by atoms with Gasteiger partial charge < -0.3 is 0 Å². The van der Waals surface area contributed by atoms with Crippen LogP contribution in [0.4, 0.5) is 13.2 Å². The van der Waals surface area contributed by atoms with E-state index in [0.717, 1.165) is 5.01 Å². The minimum absolute atomic E-state index is 0.0110. The number of amidine groups is 1. The van der Waals surface area contributed by atoms with E-state index < -0.39 is 12.0 Å². The lowest BCUT2D eigenvalue weighted by Crippen LogP contribution is -2.53. The number of hydrazine groups is 2. The van der Waals surface area contributed by atoms with Crippen molar-refractivity contribution in [2.24, 2.45) is 11.0 Å². The topological polar surface area (TPSA) is 56.7 Å². The number of halogens is 3. The molecule has 1 saturated carbocycles. The average molecular weight is 264 g/mol. The third-order valence-corrected chi connectivity index (χ3v) is 3.45. The Morgan fingerprint density at radius 2 is 1.94 bits per heavy atom. The Bertz CT molecular complexity index is 361. The Labute approximate surface area is 102 Å². The molecule has 0 spiro atoms. The molecule has 1 aliphatic carbocycles. The van der Waals surface area contributed by atoms with E-state index in [-0.39, 0.29) is 17.7 Å². The molecular formula is C10H15F3N4O. The summed E-state index contributed by atoms with van der Waals surface area (Å²) in [6, 6.07) is -0.282. The van der Waals surface area contributed by atoms with E-state index in [2.05, 4.69) is 16.2 Å². The van der Waals surface area contributed by atoms with Gasteiger partial charge in [0, 0.05) is 12.0 Å². The van der Waals surface area contributed by atoms with Gasteiger partial charge in [0.05, 0.1) is 0 Å². The maximum Gasteiger partial charge on any atom is 0.452 e. The number of nitrogens with zero attached hydrogens (tertiary/aromatic N) is 2. The summed E-state index contributed by atoms with van der Waals surface area (Å²) in [5, 5.41) is 4.23. The van der Waals surface area contributed by atoms with Crippen LogP contribution in [0.1, 0.15) is 32.6 Å². The van der Waals surface area contributed by atoms with Crippen LogP contribution in [-0.2, 0) is 4.79 Å². The molecule has 0 aromatic carbocycles. The smallest absolute Gasteiger partial charge is 0.300 e. The number of nitrogens with one attached hydrogen (secondary N) is 2. The van der Waals surface area contributed by atoms with Crippen LogP contribution in [0.3, 0.4) is 0 Å². The highest BCUT2D eigenvalue weighted by molar-refractivity contribution is 5.88. The van der Waals surface area contributed by atoms with Gasteiger partial charge in [-0.25, -0.2) is 5.53 Å². The Kier molecular flexibility index (Phi) is 3.47. The lowest BCUT2D eigenvalue weighted by Gasteiger charge is -2.34. The largest absolute Gasteiger partial charge is 0.452 e. The van der Waals surface area contributed by atoms with Crippen LogP contribution >= 0.6 is 0 Å². The Morgan fingerprint density at radius 3 is 2.44 bits per heavy atom. The minimum atomic E-state index is -4.48. The second kappa shape index (κ2) is 4.75. The predicted molar refractivity (Wildman–Crippen MR) is 58.0 cm³/mol. The number of carbonyl (C=O) groups is 1. The first-order valence-electron chi connectivity index (χ1n) is 5.85. The van der Waals surface area contributed by atoms with Gasteiger partial charge >= 0.3 is 6.18 Å². The van der Waals surface area contributed by atoms with Crippen LogP contribution in [0.25, 0.3) is 0 Å². The molecule has 2 N–H and O–H groups in total. The normalized spacial score (nSPS) is 28.9. The van der Waals surface area contributed by atoms with E-state index in [1.807, 2.05) is 0 Å². The van der Waals surface area contributed by atoms with Gasteiger partial charge in [0.2, 0.25) is 5.84 Å². The number of Topliss-reactive ketones (excluding diaryl/α,β-unsaturated/α-hetero) is 1. The van der Waals surface area contributed by atoms with Crippen LogP contribution in [0.15, 0.2) is 5.10 Å². The molecule has 0 atom stereocenters. The average Bonchev–Trinajstić information content (AvgIpc) is 2.77. The first-order valence-corrected chi connectivity index (χ1v) is 5.85. The highest BCUT2D eigenvalue weighted by Crippen LogP contribution is 2.30. The fourth-order valence-electron chi connectivity index (χ4n) is 2.44. The first-order chi connectivity index (χ1) is 8.39. The van der Waals surface area contributed by atoms with E-state index in [9.17, 15) is 18.0 Å². The zero-order valence-electron chi connectivity index (χ0n) is 9.92. The fourth-order valence-corrected chi connectivity index (χ4v) is 2.44. The Hall–Kier alpha value is -1.31. The second-order valence-electron chi connectivity index (χ2n) is 4.64. The number of hydrogen-bond acceptors (Lipinski definition) is 5. The molecule has 8 heteroatoms. The number of carbonyl (C=O) groups excluding carboxylic acids is 1. The predicted octanol–water partition coefficient (Wildman–Crippen LogP) is 1.33. The van der Waals surface area contributed by atoms with E-state index in [1.54, 1.807) is 0 Å². The van der Waals surface area contributed by atoms with Crippen LogP contribution in [-0.4, -0.2) is 28.8 Å². The van der Waals surface area contributed by atoms with Gasteiger partial charge in [-0.05, 0) is 32.6 Å². The number of hydrazone groups is 1. The van der Waals surface area contributed by atoms with Crippen molar-refractivity contribution in [3.63, 3.8) is 0 Å². The summed E-state index contributed by atoms with van der Waals surface area (Å²) in [6.07, 6.45) is -2.12. The molecule has 2 rings (SSSR count). The van der Waals surface area contributed by atoms with E-state index in [4.69, 9.17) is 0 Å². The summed E-state index contributed by atoms with van der Waals surface area (Å²) >= 11 is 0. The molecule has 0 aromatic rings. The van der Waals surface area contributed by atoms with Gasteiger partial charge in [0.25, 0.3) is 0 Å². The van der Waals surface area contributed by atoms with Crippen LogP contribution < -0.4 is 11.1 Å². The minimum Gasteiger partial charge on any atom is -0.300 e. The maximum atomic E-state index is 12.7. The van der Waals surface area contributed by atoms with Gasteiger partial charge in [0.1, 0.15) is 5.78 Å². The molecule has 2 aliphatic rings. The van der Waals surface area contributed by atoms with E-state index in [0.29, 0.717) is 25.7 Å². The van der Waals surface area contributed by atoms with E-state index in [1.165, 1.54) is 6.92 Å². The molecule has 1 aliphatic heterocycles. The molecule has 1 heterocycles. The van der Waals surface area contributed by atoms with Crippen molar-refractivity contribution in [3.05, 3.63) is 0 Å². The van der Waals surface area contributed by atoms with Crippen molar-refractivity contribution in [3.8, 4) is 0 Å². The van der Waals surface area contributed by atoms with Crippen molar-refractivity contribution in [1.29, 1.82) is 0 Å². The summed E-state index contributed by atoms with van der Waals surface area (Å²) in [6.45, 7) is 1.53. The second-order valence-corrected chi connectivity index (χ2v) is 4.64. The molecule has 0 amide bonds. The van der Waals surface area contributed by atoms with E-state index >= 15 is 0 Å². The van der Waals surface area contributed by atoms with Crippen molar-refractivity contribution in [2.75, 3.05) is 0 Å². The zero-order valence-corrected chi connectivity index (χ0v) is 9.92. The Morgan fingerprint density at radius 1 is 1.33 bits per heavy atom. The Balaban J connectivity index is 1.98. The summed E-state index contributed by atoms with van der Waals surface area (Å²) < 4.78 is 38.0. The zero-order chi connectivity index (χ0) is 13.3. The summed E-state index contributed by atoms with van der Waals surface area (Å²) in [5.74, 6) is -0.845. The third-order valence-electron chi connectivity index (χ3n) is 3.45. The van der Waals surface area contributed by atoms with Crippen LogP contribution in [0, 0.1) is 5.92 Å². The van der Waals surface area contributed by atoms with Crippen LogP contribution in [0.2, 0.25) is 0 Å². The molecule has 0 unspecified atom stereocenters. The SMILES string of the molecule is CC(=O)C1CCC(N2NNN=C2C(F)(F)F)CC1. The summed E-state index contributed by atoms with van der Waals surface area (Å²) in [7, 11) is 0. The standard InChI is InChI=1S/C10H15F3N4O/c1-6(18)7-2-4-8(5-3-7)17-9(10(11,12)13)14-15-16-17/h7-8,15-16H,2-5H2,1H3.